The highest BCUT2D eigenvalue weighted by atomic mass is 16.5. The number of rotatable bonds is 15. The number of urea groups is 1. The first-order valence-corrected chi connectivity index (χ1v) is 15.1. The van der Waals surface area contributed by atoms with Crippen LogP contribution in [0.3, 0.4) is 0 Å². The summed E-state index contributed by atoms with van der Waals surface area (Å²) < 4.78 is 4.91. The van der Waals surface area contributed by atoms with Gasteiger partial charge in [0, 0.05) is 25.6 Å². The van der Waals surface area contributed by atoms with E-state index in [4.69, 9.17) is 10.5 Å². The lowest BCUT2D eigenvalue weighted by atomic mass is 10.0. The van der Waals surface area contributed by atoms with E-state index < -0.39 is 12.1 Å². The largest absolute Gasteiger partial charge is 0.461 e. The minimum absolute atomic E-state index is 0.104. The molecule has 0 fully saturated rings. The highest BCUT2D eigenvalue weighted by Crippen LogP contribution is 2.10. The summed E-state index contributed by atoms with van der Waals surface area (Å²) in [6.45, 7) is 17.7. The Labute approximate surface area is 253 Å². The van der Waals surface area contributed by atoms with E-state index in [1.807, 2.05) is 48.5 Å². The van der Waals surface area contributed by atoms with E-state index in [2.05, 4.69) is 28.2 Å². The Morgan fingerprint density at radius 2 is 1.43 bits per heavy atom. The maximum absolute atomic E-state index is 12.5. The molecule has 5 amide bonds. The molecule has 1 aromatic carbocycles. The molecule has 1 unspecified atom stereocenters. The van der Waals surface area contributed by atoms with Gasteiger partial charge in [-0.05, 0) is 36.5 Å². The Morgan fingerprint density at radius 3 is 1.88 bits per heavy atom. The minimum Gasteiger partial charge on any atom is -0.461 e. The molecular formula is C31H57N5O6. The van der Waals surface area contributed by atoms with Gasteiger partial charge >= 0.3 is 12.0 Å². The second-order valence-corrected chi connectivity index (χ2v) is 9.13. The van der Waals surface area contributed by atoms with Crippen LogP contribution in [-0.2, 0) is 30.5 Å². The van der Waals surface area contributed by atoms with Gasteiger partial charge in [0.1, 0.15) is 12.6 Å². The molecule has 0 spiro atoms. The lowest BCUT2D eigenvalue weighted by molar-refractivity contribution is -0.142. The first kappa shape index (κ1) is 42.8. The lowest BCUT2D eigenvalue weighted by Gasteiger charge is -2.21. The van der Waals surface area contributed by atoms with E-state index in [-0.39, 0.29) is 42.8 Å². The first-order valence-electron chi connectivity index (χ1n) is 15.1. The number of anilines is 1. The second kappa shape index (κ2) is 28.9. The number of primary amides is 1. The monoisotopic (exact) mass is 595 g/mol. The number of ether oxygens (including phenoxy) is 1. The van der Waals surface area contributed by atoms with Crippen molar-refractivity contribution < 1.29 is 28.7 Å². The van der Waals surface area contributed by atoms with Gasteiger partial charge in [0.25, 0.3) is 0 Å². The predicted molar refractivity (Wildman–Crippen MR) is 170 cm³/mol. The highest BCUT2D eigenvalue weighted by Gasteiger charge is 2.24. The third kappa shape index (κ3) is 25.3. The van der Waals surface area contributed by atoms with Gasteiger partial charge < -0.3 is 31.7 Å². The fourth-order valence-electron chi connectivity index (χ4n) is 3.09. The number of hydrogen-bond donors (Lipinski definition) is 5. The van der Waals surface area contributed by atoms with Crippen LogP contribution < -0.4 is 27.0 Å². The lowest BCUT2D eigenvalue weighted by Crippen LogP contribution is -2.51. The summed E-state index contributed by atoms with van der Waals surface area (Å²) in [5.74, 6) is -1.38. The fourth-order valence-corrected chi connectivity index (χ4v) is 3.09. The van der Waals surface area contributed by atoms with Crippen LogP contribution in [0.15, 0.2) is 24.3 Å². The highest BCUT2D eigenvalue weighted by molar-refractivity contribution is 5.96. The van der Waals surface area contributed by atoms with Crippen molar-refractivity contribution in [2.24, 2.45) is 11.7 Å². The average molecular weight is 596 g/mol. The Kier molecular flexibility index (Phi) is 29.5. The number of nitrogens with one attached hydrogen (secondary N) is 4. The number of unbranched alkanes of at least 4 members (excludes halogenated alkanes) is 3. The van der Waals surface area contributed by atoms with Crippen molar-refractivity contribution >= 4 is 35.4 Å². The van der Waals surface area contributed by atoms with Crippen LogP contribution in [-0.4, -0.2) is 48.9 Å². The zero-order valence-electron chi connectivity index (χ0n) is 27.4. The Morgan fingerprint density at radius 1 is 0.833 bits per heavy atom. The number of esters is 1. The molecule has 242 valence electrons. The molecule has 0 aliphatic heterocycles. The molecule has 0 radical (unpaired) electrons. The summed E-state index contributed by atoms with van der Waals surface area (Å²) in [5, 5.41) is 10.5. The topological polar surface area (TPSA) is 169 Å². The molecule has 0 aromatic heterocycles. The van der Waals surface area contributed by atoms with Crippen LogP contribution in [0.5, 0.6) is 0 Å². The number of benzene rings is 1. The van der Waals surface area contributed by atoms with Crippen molar-refractivity contribution in [1.29, 1.82) is 0 Å². The van der Waals surface area contributed by atoms with Crippen molar-refractivity contribution in [3.05, 3.63) is 29.8 Å². The molecule has 1 atom stereocenters. The SMILES string of the molecule is CC.CC.CCCCCCC(=O)NC(C(=O)NCC(=O)Nc1ccc(COC(C)=O)cc1)C(C)C.CCCNC(N)=O. The first-order chi connectivity index (χ1) is 20.0. The molecule has 11 heteroatoms. The quantitative estimate of drug-likeness (QED) is 0.141. The molecule has 0 bridgehead atoms. The number of nitrogens with two attached hydrogens (primary N) is 1. The van der Waals surface area contributed by atoms with Crippen LogP contribution in [0.4, 0.5) is 10.5 Å². The summed E-state index contributed by atoms with van der Waals surface area (Å²) in [5.41, 5.74) is 6.09. The standard InChI is InChI=1S/C23H35N3O5.C4H10N2O.2C2H6/c1-5-6-7-8-9-20(28)26-22(16(2)3)23(30)24-14-21(29)25-19-12-10-18(11-13-19)15-31-17(4)27;1-2-3-6-4(5)7;2*1-2/h10-13,16,22H,5-9,14-15H2,1-4H3,(H,24,30)(H,25,29)(H,26,28);2-3H2,1H3,(H3,5,6,7);2*1-2H3. The molecule has 0 heterocycles. The van der Waals surface area contributed by atoms with E-state index >= 15 is 0 Å². The molecule has 0 saturated carbocycles. The van der Waals surface area contributed by atoms with Gasteiger partial charge in [0.05, 0.1) is 6.54 Å². The Bertz CT molecular complexity index is 875. The van der Waals surface area contributed by atoms with E-state index in [1.54, 1.807) is 24.3 Å². The number of amides is 5. The van der Waals surface area contributed by atoms with Crippen molar-refractivity contribution in [2.75, 3.05) is 18.4 Å². The van der Waals surface area contributed by atoms with Crippen LogP contribution in [0.1, 0.15) is 106 Å². The molecule has 42 heavy (non-hydrogen) atoms. The van der Waals surface area contributed by atoms with Gasteiger partial charge in [0.2, 0.25) is 17.7 Å². The average Bonchev–Trinajstić information content (AvgIpc) is 2.97. The maximum atomic E-state index is 12.5. The van der Waals surface area contributed by atoms with Crippen LogP contribution in [0, 0.1) is 5.92 Å². The molecular weight excluding hydrogens is 538 g/mol. The smallest absolute Gasteiger partial charge is 0.312 e. The summed E-state index contributed by atoms with van der Waals surface area (Å²) in [7, 11) is 0. The molecule has 11 nitrogen and oxygen atoms in total. The van der Waals surface area contributed by atoms with Crippen molar-refractivity contribution in [3.8, 4) is 0 Å². The summed E-state index contributed by atoms with van der Waals surface area (Å²) in [4.78, 5) is 57.5. The van der Waals surface area contributed by atoms with E-state index in [0.29, 0.717) is 18.7 Å². The van der Waals surface area contributed by atoms with Crippen molar-refractivity contribution in [3.63, 3.8) is 0 Å². The molecule has 6 N–H and O–H groups in total. The second-order valence-electron chi connectivity index (χ2n) is 9.13. The van der Waals surface area contributed by atoms with Gasteiger partial charge in [-0.3, -0.25) is 19.2 Å². The van der Waals surface area contributed by atoms with Crippen LogP contribution in [0.2, 0.25) is 0 Å². The molecule has 0 saturated heterocycles. The van der Waals surface area contributed by atoms with Gasteiger partial charge in [0.15, 0.2) is 0 Å². The van der Waals surface area contributed by atoms with Gasteiger partial charge in [-0.15, -0.1) is 0 Å². The molecule has 1 rings (SSSR count). The fraction of sp³-hybridized carbons (Fsp3) is 0.645. The van der Waals surface area contributed by atoms with E-state index in [1.165, 1.54) is 6.92 Å². The van der Waals surface area contributed by atoms with E-state index in [0.717, 1.165) is 37.7 Å². The van der Waals surface area contributed by atoms with Gasteiger partial charge in [-0.1, -0.05) is 86.8 Å². The van der Waals surface area contributed by atoms with Gasteiger partial charge in [-0.2, -0.15) is 0 Å². The normalized spacial score (nSPS) is 10.1. The Balaban J connectivity index is -0.00000119. The van der Waals surface area contributed by atoms with Crippen molar-refractivity contribution in [2.45, 2.75) is 113 Å². The summed E-state index contributed by atoms with van der Waals surface area (Å²) >= 11 is 0. The van der Waals surface area contributed by atoms with Crippen LogP contribution >= 0.6 is 0 Å². The summed E-state index contributed by atoms with van der Waals surface area (Å²) in [6, 6.07) is 5.72. The third-order valence-corrected chi connectivity index (χ3v) is 5.18. The number of carbonyl (C=O) groups is 5. The third-order valence-electron chi connectivity index (χ3n) is 5.18. The maximum Gasteiger partial charge on any atom is 0.312 e. The summed E-state index contributed by atoms with van der Waals surface area (Å²) in [6.07, 6.45) is 5.31. The zero-order chi connectivity index (χ0) is 32.9. The predicted octanol–water partition coefficient (Wildman–Crippen LogP) is 5.03. The molecule has 0 aliphatic rings. The Hall–Kier alpha value is -3.63. The molecule has 0 aliphatic carbocycles. The minimum atomic E-state index is -0.688. The zero-order valence-corrected chi connectivity index (χ0v) is 27.4. The molecule has 1 aromatic rings. The van der Waals surface area contributed by atoms with Crippen molar-refractivity contribution in [1.82, 2.24) is 16.0 Å². The number of carbonyl (C=O) groups excluding carboxylic acids is 5. The number of hydrogen-bond acceptors (Lipinski definition) is 6. The van der Waals surface area contributed by atoms with Gasteiger partial charge in [-0.25, -0.2) is 4.79 Å². The van der Waals surface area contributed by atoms with E-state index in [9.17, 15) is 24.0 Å². The van der Waals surface area contributed by atoms with Crippen LogP contribution in [0.25, 0.3) is 0 Å².